The van der Waals surface area contributed by atoms with Crippen LogP contribution >= 0.6 is 0 Å². The minimum atomic E-state index is -0.693. The van der Waals surface area contributed by atoms with Crippen LogP contribution in [0, 0.1) is 11.8 Å². The number of benzene rings is 1. The monoisotopic (exact) mass is 401 g/mol. The molecular weight excluding hydrogens is 378 g/mol. The number of fused-ring (bicyclic) bond motifs is 1. The summed E-state index contributed by atoms with van der Waals surface area (Å²) in [5, 5.41) is 3.63. The van der Waals surface area contributed by atoms with Crippen LogP contribution in [0.4, 0.5) is 0 Å². The van der Waals surface area contributed by atoms with Gasteiger partial charge in [0, 0.05) is 12.1 Å². The van der Waals surface area contributed by atoms with E-state index < -0.39 is 5.97 Å². The van der Waals surface area contributed by atoms with Crippen LogP contribution < -0.4 is 15.2 Å². The van der Waals surface area contributed by atoms with Gasteiger partial charge in [0.25, 0.3) is 0 Å². The third-order valence-corrected chi connectivity index (χ3v) is 5.06. The van der Waals surface area contributed by atoms with E-state index in [0.29, 0.717) is 29.9 Å². The summed E-state index contributed by atoms with van der Waals surface area (Å²) in [6.07, 6.45) is 4.78. The first-order chi connectivity index (χ1) is 14.0. The molecule has 0 radical (unpaired) electrons. The molecule has 1 aliphatic heterocycles. The maximum atomic E-state index is 12.4. The molecule has 0 saturated carbocycles. The Balaban J connectivity index is 1.56. The van der Waals surface area contributed by atoms with Crippen LogP contribution in [-0.2, 0) is 19.2 Å². The van der Waals surface area contributed by atoms with E-state index in [4.69, 9.17) is 20.0 Å². The lowest BCUT2D eigenvalue weighted by Crippen LogP contribution is -2.33. The number of amides is 2. The van der Waals surface area contributed by atoms with Crippen molar-refractivity contribution >= 4 is 23.6 Å². The predicted octanol–water partition coefficient (Wildman–Crippen LogP) is 1.21. The van der Waals surface area contributed by atoms with Gasteiger partial charge in [-0.25, -0.2) is 4.79 Å². The van der Waals surface area contributed by atoms with E-state index >= 15 is 0 Å². The number of ether oxygens (including phenoxy) is 2. The van der Waals surface area contributed by atoms with Gasteiger partial charge in [-0.3, -0.25) is 14.5 Å². The van der Waals surface area contributed by atoms with Gasteiger partial charge in [0.05, 0.1) is 32.5 Å². The molecule has 29 heavy (non-hydrogen) atoms. The summed E-state index contributed by atoms with van der Waals surface area (Å²) >= 11 is 0. The van der Waals surface area contributed by atoms with Gasteiger partial charge < -0.3 is 20.0 Å². The second kappa shape index (κ2) is 8.76. The standard InChI is InChI=1S/C20H23N3O6/c1-27-15-8-7-12(11-16(15)28-2)18(21)22-29-17(24)9-10-23-19(25)13-5-3-4-6-14(13)20(23)26/h3-4,7-8,11,13-14H,5-6,9-10H2,1-2H3,(H2,21,22)/t13-,14-/m0/s1. The van der Waals surface area contributed by atoms with Crippen molar-refractivity contribution in [2.24, 2.45) is 22.7 Å². The Labute approximate surface area is 168 Å². The van der Waals surface area contributed by atoms with Crippen LogP contribution in [0.15, 0.2) is 35.5 Å². The van der Waals surface area contributed by atoms with E-state index in [9.17, 15) is 14.4 Å². The number of carbonyl (C=O) groups is 3. The van der Waals surface area contributed by atoms with Crippen molar-refractivity contribution in [3.8, 4) is 11.5 Å². The molecule has 0 unspecified atom stereocenters. The maximum Gasteiger partial charge on any atom is 0.336 e. The van der Waals surface area contributed by atoms with E-state index in [1.54, 1.807) is 18.2 Å². The van der Waals surface area contributed by atoms with Gasteiger partial charge >= 0.3 is 5.97 Å². The average Bonchev–Trinajstić information content (AvgIpc) is 3.00. The number of rotatable bonds is 7. The highest BCUT2D eigenvalue weighted by Crippen LogP contribution is 2.35. The third-order valence-electron chi connectivity index (χ3n) is 5.06. The average molecular weight is 401 g/mol. The largest absolute Gasteiger partial charge is 0.493 e. The first kappa shape index (κ1) is 20.4. The zero-order valence-corrected chi connectivity index (χ0v) is 16.3. The zero-order chi connectivity index (χ0) is 21.0. The summed E-state index contributed by atoms with van der Waals surface area (Å²) in [5.41, 5.74) is 6.33. The first-order valence-corrected chi connectivity index (χ1v) is 9.22. The first-order valence-electron chi connectivity index (χ1n) is 9.22. The lowest BCUT2D eigenvalue weighted by Gasteiger charge is -2.14. The second-order valence-electron chi connectivity index (χ2n) is 6.74. The van der Waals surface area contributed by atoms with Gasteiger partial charge in [-0.2, -0.15) is 0 Å². The van der Waals surface area contributed by atoms with Gasteiger partial charge in [-0.1, -0.05) is 17.3 Å². The molecule has 0 aromatic heterocycles. The Kier molecular flexibility index (Phi) is 6.16. The number of carbonyl (C=O) groups excluding carboxylic acids is 3. The number of amidine groups is 1. The number of hydrogen-bond donors (Lipinski definition) is 1. The number of nitrogens with zero attached hydrogens (tertiary/aromatic N) is 2. The molecule has 1 saturated heterocycles. The topological polar surface area (TPSA) is 121 Å². The van der Waals surface area contributed by atoms with E-state index in [1.807, 2.05) is 12.2 Å². The summed E-state index contributed by atoms with van der Waals surface area (Å²) in [6.45, 7) is -0.0325. The molecule has 3 rings (SSSR count). The summed E-state index contributed by atoms with van der Waals surface area (Å²) in [6, 6.07) is 4.89. The molecule has 1 aromatic carbocycles. The summed E-state index contributed by atoms with van der Waals surface area (Å²) in [7, 11) is 3.00. The number of likely N-dealkylation sites (tertiary alicyclic amines) is 1. The maximum absolute atomic E-state index is 12.4. The zero-order valence-electron chi connectivity index (χ0n) is 16.3. The number of allylic oxidation sites excluding steroid dienone is 2. The highest BCUT2D eigenvalue weighted by atomic mass is 16.7. The van der Waals surface area contributed by atoms with Gasteiger partial charge in [0.2, 0.25) is 11.8 Å². The minimum Gasteiger partial charge on any atom is -0.493 e. The molecule has 1 aliphatic carbocycles. The molecule has 9 nitrogen and oxygen atoms in total. The Morgan fingerprint density at radius 1 is 1.10 bits per heavy atom. The summed E-state index contributed by atoms with van der Waals surface area (Å²) < 4.78 is 10.3. The molecule has 1 aromatic rings. The predicted molar refractivity (Wildman–Crippen MR) is 103 cm³/mol. The van der Waals surface area contributed by atoms with Gasteiger partial charge in [0.1, 0.15) is 0 Å². The number of imide groups is 1. The number of hydrogen-bond acceptors (Lipinski definition) is 7. The molecule has 9 heteroatoms. The van der Waals surface area contributed by atoms with Crippen molar-refractivity contribution in [2.45, 2.75) is 19.3 Å². The molecular formula is C20H23N3O6. The lowest BCUT2D eigenvalue weighted by atomic mass is 9.85. The number of methoxy groups -OCH3 is 2. The van der Waals surface area contributed by atoms with E-state index in [0.717, 1.165) is 4.90 Å². The fourth-order valence-electron chi connectivity index (χ4n) is 3.49. The Hall–Kier alpha value is -3.36. The fraction of sp³-hybridized carbons (Fsp3) is 0.400. The highest BCUT2D eigenvalue weighted by molar-refractivity contribution is 6.05. The summed E-state index contributed by atoms with van der Waals surface area (Å²) in [5.74, 6) is -0.833. The van der Waals surface area contributed by atoms with E-state index in [2.05, 4.69) is 5.16 Å². The molecule has 0 bridgehead atoms. The minimum absolute atomic E-state index is 0.0234. The Bertz CT molecular complexity index is 853. The molecule has 2 aliphatic rings. The van der Waals surface area contributed by atoms with Crippen LogP contribution in [0.3, 0.4) is 0 Å². The SMILES string of the molecule is COc1ccc(/C(N)=N\OC(=O)CCN2C(=O)[C@H]3CC=CC[C@@H]3C2=O)cc1OC. The third kappa shape index (κ3) is 4.23. The van der Waals surface area contributed by atoms with Crippen molar-refractivity contribution in [2.75, 3.05) is 20.8 Å². The van der Waals surface area contributed by atoms with E-state index in [-0.39, 0.29) is 42.5 Å². The fourth-order valence-corrected chi connectivity index (χ4v) is 3.49. The van der Waals surface area contributed by atoms with Crippen molar-refractivity contribution in [1.29, 1.82) is 0 Å². The van der Waals surface area contributed by atoms with Crippen LogP contribution in [0.5, 0.6) is 11.5 Å². The van der Waals surface area contributed by atoms with E-state index in [1.165, 1.54) is 14.2 Å². The van der Waals surface area contributed by atoms with Crippen LogP contribution in [0.1, 0.15) is 24.8 Å². The quantitative estimate of drug-likeness (QED) is 0.182. The second-order valence-corrected chi connectivity index (χ2v) is 6.74. The number of oxime groups is 1. The van der Waals surface area contributed by atoms with Crippen LogP contribution in [0.25, 0.3) is 0 Å². The molecule has 154 valence electrons. The molecule has 1 heterocycles. The molecule has 2 atom stereocenters. The highest BCUT2D eigenvalue weighted by Gasteiger charge is 2.46. The van der Waals surface area contributed by atoms with Crippen LogP contribution in [-0.4, -0.2) is 49.3 Å². The van der Waals surface area contributed by atoms with Crippen molar-refractivity contribution in [1.82, 2.24) is 4.90 Å². The van der Waals surface area contributed by atoms with Crippen molar-refractivity contribution in [3.05, 3.63) is 35.9 Å². The smallest absolute Gasteiger partial charge is 0.336 e. The lowest BCUT2D eigenvalue weighted by molar-refractivity contribution is -0.145. The number of nitrogens with two attached hydrogens (primary N) is 1. The van der Waals surface area contributed by atoms with Gasteiger partial charge in [-0.15, -0.1) is 0 Å². The summed E-state index contributed by atoms with van der Waals surface area (Å²) in [4.78, 5) is 42.7. The van der Waals surface area contributed by atoms with Crippen molar-refractivity contribution in [3.63, 3.8) is 0 Å². The van der Waals surface area contributed by atoms with Gasteiger partial charge in [-0.05, 0) is 31.0 Å². The van der Waals surface area contributed by atoms with Crippen molar-refractivity contribution < 1.29 is 28.7 Å². The Morgan fingerprint density at radius 3 is 2.31 bits per heavy atom. The van der Waals surface area contributed by atoms with Crippen LogP contribution in [0.2, 0.25) is 0 Å². The molecule has 2 amide bonds. The molecule has 1 fully saturated rings. The van der Waals surface area contributed by atoms with Gasteiger partial charge in [0.15, 0.2) is 17.3 Å². The Morgan fingerprint density at radius 2 is 1.72 bits per heavy atom. The normalized spacial score (nSPS) is 21.2. The molecule has 0 spiro atoms. The molecule has 2 N–H and O–H groups in total.